The van der Waals surface area contributed by atoms with E-state index in [1.807, 2.05) is 61.5 Å². The van der Waals surface area contributed by atoms with Crippen molar-refractivity contribution in [1.29, 1.82) is 0 Å². The van der Waals surface area contributed by atoms with Crippen LogP contribution in [0.15, 0.2) is 72.0 Å². The number of hydrogen-bond donors (Lipinski definition) is 2. The van der Waals surface area contributed by atoms with Crippen molar-refractivity contribution < 1.29 is 19.8 Å². The molecule has 5 nitrogen and oxygen atoms in total. The highest BCUT2D eigenvalue weighted by Crippen LogP contribution is 2.37. The Kier molecular flexibility index (Phi) is 5.52. The van der Waals surface area contributed by atoms with Gasteiger partial charge in [-0.05, 0) is 24.1 Å². The fraction of sp³-hybridized carbons (Fsp3) is 0.182. The molecule has 0 aliphatic carbocycles. The van der Waals surface area contributed by atoms with Crippen molar-refractivity contribution in [2.75, 3.05) is 13.2 Å². The lowest BCUT2D eigenvalue weighted by atomic mass is 9.95. The highest BCUT2D eigenvalue weighted by molar-refractivity contribution is 6.14. The van der Waals surface area contributed by atoms with Gasteiger partial charge in [0.1, 0.15) is 0 Å². The maximum Gasteiger partial charge on any atom is 0.290 e. The van der Waals surface area contributed by atoms with E-state index in [0.717, 1.165) is 11.1 Å². The zero-order valence-corrected chi connectivity index (χ0v) is 15.0. The molecule has 2 aromatic rings. The number of carbonyl (C=O) groups excluding carboxylic acids is 2. The summed E-state index contributed by atoms with van der Waals surface area (Å²) in [5.41, 5.74) is 2.63. The van der Waals surface area contributed by atoms with Gasteiger partial charge in [-0.25, -0.2) is 0 Å². The van der Waals surface area contributed by atoms with Gasteiger partial charge >= 0.3 is 0 Å². The third-order valence-electron chi connectivity index (χ3n) is 4.53. The predicted octanol–water partition coefficient (Wildman–Crippen LogP) is 2.97. The summed E-state index contributed by atoms with van der Waals surface area (Å²) in [6.45, 7) is 1.71. The molecule has 1 aliphatic rings. The van der Waals surface area contributed by atoms with E-state index in [1.54, 1.807) is 6.08 Å². The summed E-state index contributed by atoms with van der Waals surface area (Å²) < 4.78 is 0. The van der Waals surface area contributed by atoms with Gasteiger partial charge in [0.05, 0.1) is 18.2 Å². The molecule has 0 aromatic heterocycles. The van der Waals surface area contributed by atoms with Gasteiger partial charge in [-0.15, -0.1) is 0 Å². The molecule has 0 radical (unpaired) electrons. The molecular formula is C22H21NO4. The number of hydrogen-bond acceptors (Lipinski definition) is 4. The largest absolute Gasteiger partial charge is 0.503 e. The van der Waals surface area contributed by atoms with E-state index < -0.39 is 23.5 Å². The number of aryl methyl sites for hydroxylation is 1. The number of benzene rings is 2. The molecule has 1 heterocycles. The summed E-state index contributed by atoms with van der Waals surface area (Å²) in [7, 11) is 0. The first-order chi connectivity index (χ1) is 13.0. The minimum atomic E-state index is -0.724. The standard InChI is InChI=1S/C22H21NO4/c1-15-7-10-17(11-8-15)20-19(21(26)22(27)23(20)13-14-24)18(25)12-9-16-5-3-2-4-6-16/h2-12,20,24,26H,13-14H2,1H3/b12-9+/t20-/m1/s1. The van der Waals surface area contributed by atoms with Gasteiger partial charge < -0.3 is 15.1 Å². The van der Waals surface area contributed by atoms with Gasteiger partial charge in [0.25, 0.3) is 5.91 Å². The SMILES string of the molecule is Cc1ccc([C@@H]2C(C(=O)/C=C/c3ccccc3)=C(O)C(=O)N2CCO)cc1. The molecule has 0 saturated heterocycles. The lowest BCUT2D eigenvalue weighted by Gasteiger charge is -2.25. The Bertz CT molecular complexity index is 898. The van der Waals surface area contributed by atoms with E-state index in [1.165, 1.54) is 11.0 Å². The Morgan fingerprint density at radius 3 is 2.41 bits per heavy atom. The summed E-state index contributed by atoms with van der Waals surface area (Å²) in [6.07, 6.45) is 3.01. The minimum absolute atomic E-state index is 0.0284. The summed E-state index contributed by atoms with van der Waals surface area (Å²) in [5, 5.41) is 19.7. The second kappa shape index (κ2) is 8.01. The van der Waals surface area contributed by atoms with Gasteiger partial charge in [0.15, 0.2) is 11.5 Å². The highest BCUT2D eigenvalue weighted by Gasteiger charge is 2.42. The summed E-state index contributed by atoms with van der Waals surface area (Å²) in [5.74, 6) is -1.64. The van der Waals surface area contributed by atoms with Gasteiger partial charge in [-0.3, -0.25) is 9.59 Å². The van der Waals surface area contributed by atoms with Crippen LogP contribution in [0.5, 0.6) is 0 Å². The Balaban J connectivity index is 1.98. The number of ketones is 1. The first-order valence-electron chi connectivity index (χ1n) is 8.72. The van der Waals surface area contributed by atoms with Crippen molar-refractivity contribution in [1.82, 2.24) is 4.90 Å². The monoisotopic (exact) mass is 363 g/mol. The van der Waals surface area contributed by atoms with Crippen molar-refractivity contribution >= 4 is 17.8 Å². The second-order valence-corrected chi connectivity index (χ2v) is 6.41. The van der Waals surface area contributed by atoms with Crippen LogP contribution in [0.4, 0.5) is 0 Å². The number of nitrogens with zero attached hydrogens (tertiary/aromatic N) is 1. The zero-order valence-electron chi connectivity index (χ0n) is 15.0. The van der Waals surface area contributed by atoms with Gasteiger partial charge in [-0.1, -0.05) is 66.2 Å². The number of aliphatic hydroxyl groups is 2. The maximum atomic E-state index is 12.8. The van der Waals surface area contributed by atoms with Gasteiger partial charge in [0, 0.05) is 6.54 Å². The first kappa shape index (κ1) is 18.6. The van der Waals surface area contributed by atoms with E-state index in [0.29, 0.717) is 5.56 Å². The van der Waals surface area contributed by atoms with Crippen LogP contribution in [0.2, 0.25) is 0 Å². The molecule has 3 rings (SSSR count). The molecule has 2 N–H and O–H groups in total. The molecule has 0 bridgehead atoms. The summed E-state index contributed by atoms with van der Waals surface area (Å²) in [4.78, 5) is 26.6. The molecule has 1 aliphatic heterocycles. The van der Waals surface area contributed by atoms with Crippen LogP contribution in [0.3, 0.4) is 0 Å². The lowest BCUT2D eigenvalue weighted by molar-refractivity contribution is -0.129. The smallest absolute Gasteiger partial charge is 0.290 e. The Labute approximate surface area is 157 Å². The van der Waals surface area contributed by atoms with E-state index in [2.05, 4.69) is 0 Å². The fourth-order valence-electron chi connectivity index (χ4n) is 3.16. The third-order valence-corrected chi connectivity index (χ3v) is 4.53. The normalized spacial score (nSPS) is 17.2. The van der Waals surface area contributed by atoms with Crippen LogP contribution in [-0.2, 0) is 9.59 Å². The van der Waals surface area contributed by atoms with E-state index >= 15 is 0 Å². The maximum absolute atomic E-state index is 12.8. The Morgan fingerprint density at radius 2 is 1.78 bits per heavy atom. The first-order valence-corrected chi connectivity index (χ1v) is 8.72. The van der Waals surface area contributed by atoms with Crippen molar-refractivity contribution in [3.05, 3.63) is 88.7 Å². The lowest BCUT2D eigenvalue weighted by Crippen LogP contribution is -2.33. The summed E-state index contributed by atoms with van der Waals surface area (Å²) in [6, 6.07) is 16.0. The van der Waals surface area contributed by atoms with E-state index in [9.17, 15) is 19.8 Å². The molecule has 0 fully saturated rings. The van der Waals surface area contributed by atoms with Crippen molar-refractivity contribution in [2.24, 2.45) is 0 Å². The number of rotatable bonds is 6. The van der Waals surface area contributed by atoms with Crippen LogP contribution in [0.1, 0.15) is 22.7 Å². The topological polar surface area (TPSA) is 77.8 Å². The molecule has 138 valence electrons. The average molecular weight is 363 g/mol. The number of β-amino-alcohol motifs (C(OH)–C–C–N with tert-alkyl or cyclic N) is 1. The molecule has 27 heavy (non-hydrogen) atoms. The predicted molar refractivity (Wildman–Crippen MR) is 103 cm³/mol. The van der Waals surface area contributed by atoms with Crippen LogP contribution in [-0.4, -0.2) is 40.0 Å². The van der Waals surface area contributed by atoms with Crippen LogP contribution in [0.25, 0.3) is 6.08 Å². The second-order valence-electron chi connectivity index (χ2n) is 6.41. The number of aliphatic hydroxyl groups excluding tert-OH is 2. The van der Waals surface area contributed by atoms with Crippen molar-refractivity contribution in [2.45, 2.75) is 13.0 Å². The molecule has 5 heteroatoms. The molecular weight excluding hydrogens is 342 g/mol. The molecule has 1 amide bonds. The van der Waals surface area contributed by atoms with Gasteiger partial charge in [0.2, 0.25) is 0 Å². The van der Waals surface area contributed by atoms with Crippen LogP contribution < -0.4 is 0 Å². The average Bonchev–Trinajstić information content (AvgIpc) is 2.93. The number of carbonyl (C=O) groups is 2. The quantitative estimate of drug-likeness (QED) is 0.774. The summed E-state index contributed by atoms with van der Waals surface area (Å²) >= 11 is 0. The van der Waals surface area contributed by atoms with Crippen molar-refractivity contribution in [3.63, 3.8) is 0 Å². The molecule has 0 unspecified atom stereocenters. The van der Waals surface area contributed by atoms with E-state index in [4.69, 9.17) is 0 Å². The molecule has 1 atom stereocenters. The number of allylic oxidation sites excluding steroid dienone is 1. The van der Waals surface area contributed by atoms with Crippen molar-refractivity contribution in [3.8, 4) is 0 Å². The Hall–Kier alpha value is -3.18. The third kappa shape index (κ3) is 3.83. The molecule has 0 spiro atoms. The Morgan fingerprint density at radius 1 is 1.11 bits per heavy atom. The number of amides is 1. The van der Waals surface area contributed by atoms with Crippen LogP contribution >= 0.6 is 0 Å². The fourth-order valence-corrected chi connectivity index (χ4v) is 3.16. The molecule has 0 saturated carbocycles. The van der Waals surface area contributed by atoms with Crippen LogP contribution in [0, 0.1) is 6.92 Å². The van der Waals surface area contributed by atoms with Gasteiger partial charge in [-0.2, -0.15) is 0 Å². The minimum Gasteiger partial charge on any atom is -0.503 e. The zero-order chi connectivity index (χ0) is 19.4. The van der Waals surface area contributed by atoms with E-state index in [-0.39, 0.29) is 18.7 Å². The highest BCUT2D eigenvalue weighted by atomic mass is 16.3. The molecule has 2 aromatic carbocycles.